The van der Waals surface area contributed by atoms with Crippen molar-refractivity contribution in [3.05, 3.63) is 24.0 Å². The first-order chi connectivity index (χ1) is 6.36. The van der Waals surface area contributed by atoms with Gasteiger partial charge in [-0.1, -0.05) is 0 Å². The van der Waals surface area contributed by atoms with E-state index in [9.17, 15) is 4.79 Å². The van der Waals surface area contributed by atoms with Crippen LogP contribution < -0.4 is 4.74 Å². The maximum absolute atomic E-state index is 10.6. The van der Waals surface area contributed by atoms with Gasteiger partial charge in [-0.15, -0.1) is 0 Å². The molecule has 0 bridgehead atoms. The van der Waals surface area contributed by atoms with Crippen LogP contribution in [0.3, 0.4) is 0 Å². The van der Waals surface area contributed by atoms with Gasteiger partial charge in [0, 0.05) is 18.0 Å². The standard InChI is InChI=1S/C9H8N2O2/c1-13-9-8-6(5-12)4-11-7(8)2-3-10-9/h2-5,11H,1H3. The van der Waals surface area contributed by atoms with Gasteiger partial charge in [-0.2, -0.15) is 0 Å². The molecule has 13 heavy (non-hydrogen) atoms. The van der Waals surface area contributed by atoms with Crippen LogP contribution in [-0.4, -0.2) is 23.4 Å². The van der Waals surface area contributed by atoms with Gasteiger partial charge >= 0.3 is 0 Å². The number of carbonyl (C=O) groups excluding carboxylic acids is 1. The highest BCUT2D eigenvalue weighted by Gasteiger charge is 2.08. The number of hydrogen-bond donors (Lipinski definition) is 1. The predicted molar refractivity (Wildman–Crippen MR) is 48.0 cm³/mol. The summed E-state index contributed by atoms with van der Waals surface area (Å²) in [6.07, 6.45) is 4.05. The fourth-order valence-corrected chi connectivity index (χ4v) is 1.32. The zero-order chi connectivity index (χ0) is 9.26. The summed E-state index contributed by atoms with van der Waals surface area (Å²) in [5.74, 6) is 0.473. The molecule has 2 rings (SSSR count). The van der Waals surface area contributed by atoms with Gasteiger partial charge in [0.2, 0.25) is 5.88 Å². The Morgan fingerprint density at radius 3 is 3.15 bits per heavy atom. The number of nitrogens with zero attached hydrogens (tertiary/aromatic N) is 1. The Kier molecular flexibility index (Phi) is 1.73. The van der Waals surface area contributed by atoms with Crippen molar-refractivity contribution in [2.24, 2.45) is 0 Å². The first-order valence-corrected chi connectivity index (χ1v) is 3.82. The number of hydrogen-bond acceptors (Lipinski definition) is 3. The Morgan fingerprint density at radius 1 is 1.62 bits per heavy atom. The second kappa shape index (κ2) is 2.90. The van der Waals surface area contributed by atoms with Crippen LogP contribution in [0.2, 0.25) is 0 Å². The Bertz CT molecular complexity index is 448. The van der Waals surface area contributed by atoms with E-state index in [0.29, 0.717) is 11.4 Å². The third kappa shape index (κ3) is 1.07. The van der Waals surface area contributed by atoms with Crippen molar-refractivity contribution in [1.82, 2.24) is 9.97 Å². The number of aldehydes is 1. The quantitative estimate of drug-likeness (QED) is 0.703. The summed E-state index contributed by atoms with van der Waals surface area (Å²) in [4.78, 5) is 17.6. The number of nitrogens with one attached hydrogen (secondary N) is 1. The van der Waals surface area contributed by atoms with Crippen molar-refractivity contribution < 1.29 is 9.53 Å². The van der Waals surface area contributed by atoms with E-state index in [0.717, 1.165) is 17.2 Å². The number of methoxy groups -OCH3 is 1. The fourth-order valence-electron chi connectivity index (χ4n) is 1.32. The summed E-state index contributed by atoms with van der Waals surface area (Å²) < 4.78 is 5.04. The third-order valence-electron chi connectivity index (χ3n) is 1.91. The number of ether oxygens (including phenoxy) is 1. The van der Waals surface area contributed by atoms with Crippen LogP contribution in [-0.2, 0) is 0 Å². The molecule has 0 saturated heterocycles. The van der Waals surface area contributed by atoms with Gasteiger partial charge in [-0.3, -0.25) is 4.79 Å². The third-order valence-corrected chi connectivity index (χ3v) is 1.91. The number of aromatic nitrogens is 2. The first kappa shape index (κ1) is 7.79. The maximum Gasteiger partial charge on any atom is 0.223 e. The van der Waals surface area contributed by atoms with E-state index in [1.807, 2.05) is 0 Å². The summed E-state index contributed by atoms with van der Waals surface area (Å²) in [5, 5.41) is 0.736. The van der Waals surface area contributed by atoms with Gasteiger partial charge in [-0.25, -0.2) is 4.98 Å². The van der Waals surface area contributed by atoms with Crippen LogP contribution in [0.4, 0.5) is 0 Å². The molecule has 2 heterocycles. The molecular formula is C9H8N2O2. The molecule has 0 unspecified atom stereocenters. The minimum Gasteiger partial charge on any atom is -0.480 e. The number of fused-ring (bicyclic) bond motifs is 1. The molecule has 0 atom stereocenters. The molecule has 66 valence electrons. The number of pyridine rings is 1. The molecule has 1 N–H and O–H groups in total. The molecule has 0 aromatic carbocycles. The lowest BCUT2D eigenvalue weighted by atomic mass is 10.2. The van der Waals surface area contributed by atoms with Crippen LogP contribution in [0.15, 0.2) is 18.5 Å². The molecular weight excluding hydrogens is 168 g/mol. The van der Waals surface area contributed by atoms with Crippen molar-refractivity contribution >= 4 is 17.2 Å². The zero-order valence-electron chi connectivity index (χ0n) is 7.07. The van der Waals surface area contributed by atoms with Crippen LogP contribution in [0, 0.1) is 0 Å². The molecule has 0 aliphatic heterocycles. The normalized spacial score (nSPS) is 10.2. The first-order valence-electron chi connectivity index (χ1n) is 3.82. The topological polar surface area (TPSA) is 55.0 Å². The largest absolute Gasteiger partial charge is 0.480 e. The van der Waals surface area contributed by atoms with Gasteiger partial charge in [0.15, 0.2) is 6.29 Å². The molecule has 0 aliphatic carbocycles. The van der Waals surface area contributed by atoms with Crippen molar-refractivity contribution in [3.8, 4) is 5.88 Å². The summed E-state index contributed by atoms with van der Waals surface area (Å²) in [6, 6.07) is 1.80. The Morgan fingerprint density at radius 2 is 2.46 bits per heavy atom. The van der Waals surface area contributed by atoms with Crippen LogP contribution >= 0.6 is 0 Å². The maximum atomic E-state index is 10.6. The SMILES string of the molecule is COc1nccc2[nH]cc(C=O)c12. The van der Waals surface area contributed by atoms with Crippen LogP contribution in [0.25, 0.3) is 10.9 Å². The van der Waals surface area contributed by atoms with Crippen LogP contribution in [0.1, 0.15) is 10.4 Å². The molecule has 0 amide bonds. The van der Waals surface area contributed by atoms with Gasteiger partial charge in [0.05, 0.1) is 18.0 Å². The minimum atomic E-state index is 0.473. The Labute approximate surface area is 74.5 Å². The zero-order valence-corrected chi connectivity index (χ0v) is 7.07. The summed E-state index contributed by atoms with van der Waals surface area (Å²) in [6.45, 7) is 0. The smallest absolute Gasteiger partial charge is 0.223 e. The lowest BCUT2D eigenvalue weighted by molar-refractivity contribution is 0.112. The highest BCUT2D eigenvalue weighted by molar-refractivity contribution is 5.99. The van der Waals surface area contributed by atoms with E-state index in [2.05, 4.69) is 9.97 Å². The van der Waals surface area contributed by atoms with Crippen molar-refractivity contribution in [2.45, 2.75) is 0 Å². The minimum absolute atomic E-state index is 0.473. The fraction of sp³-hybridized carbons (Fsp3) is 0.111. The second-order valence-corrected chi connectivity index (χ2v) is 2.60. The number of H-pyrrole nitrogens is 1. The molecule has 4 heteroatoms. The molecule has 2 aromatic heterocycles. The number of rotatable bonds is 2. The van der Waals surface area contributed by atoms with Gasteiger partial charge in [0.25, 0.3) is 0 Å². The number of carbonyl (C=O) groups is 1. The van der Waals surface area contributed by atoms with E-state index in [1.165, 1.54) is 7.11 Å². The predicted octanol–water partition coefficient (Wildman–Crippen LogP) is 1.38. The molecule has 2 aromatic rings. The molecule has 0 saturated carbocycles. The average Bonchev–Trinajstić information content (AvgIpc) is 2.60. The second-order valence-electron chi connectivity index (χ2n) is 2.60. The number of aromatic amines is 1. The lowest BCUT2D eigenvalue weighted by Crippen LogP contribution is -1.88. The van der Waals surface area contributed by atoms with Crippen LogP contribution in [0.5, 0.6) is 5.88 Å². The monoisotopic (exact) mass is 176 g/mol. The van der Waals surface area contributed by atoms with E-state index < -0.39 is 0 Å². The molecule has 0 spiro atoms. The van der Waals surface area contributed by atoms with Gasteiger partial charge in [0.1, 0.15) is 0 Å². The van der Waals surface area contributed by atoms with Crippen molar-refractivity contribution in [3.63, 3.8) is 0 Å². The summed E-state index contributed by atoms with van der Waals surface area (Å²) >= 11 is 0. The highest BCUT2D eigenvalue weighted by atomic mass is 16.5. The summed E-state index contributed by atoms with van der Waals surface area (Å²) in [7, 11) is 1.53. The van der Waals surface area contributed by atoms with E-state index in [1.54, 1.807) is 18.5 Å². The Balaban J connectivity index is 2.83. The van der Waals surface area contributed by atoms with E-state index in [4.69, 9.17) is 4.74 Å². The average molecular weight is 176 g/mol. The Hall–Kier alpha value is -1.84. The van der Waals surface area contributed by atoms with Crippen molar-refractivity contribution in [1.29, 1.82) is 0 Å². The van der Waals surface area contributed by atoms with E-state index in [-0.39, 0.29) is 0 Å². The summed E-state index contributed by atoms with van der Waals surface area (Å²) in [5.41, 5.74) is 1.42. The van der Waals surface area contributed by atoms with E-state index >= 15 is 0 Å². The lowest BCUT2D eigenvalue weighted by Gasteiger charge is -1.99. The van der Waals surface area contributed by atoms with Gasteiger partial charge in [-0.05, 0) is 6.07 Å². The van der Waals surface area contributed by atoms with Crippen molar-refractivity contribution in [2.75, 3.05) is 7.11 Å². The van der Waals surface area contributed by atoms with Gasteiger partial charge < -0.3 is 9.72 Å². The molecule has 4 nitrogen and oxygen atoms in total. The molecule has 0 aliphatic rings. The molecule has 0 radical (unpaired) electrons. The highest BCUT2D eigenvalue weighted by Crippen LogP contribution is 2.24. The molecule has 0 fully saturated rings.